The van der Waals surface area contributed by atoms with E-state index < -0.39 is 0 Å². The zero-order chi connectivity index (χ0) is 15.7. The molecule has 3 aliphatic rings. The highest BCUT2D eigenvalue weighted by Gasteiger charge is 2.42. The molecular weight excluding hydrogens is 274 g/mol. The molecule has 2 bridgehead atoms. The molecule has 0 radical (unpaired) electrons. The summed E-state index contributed by atoms with van der Waals surface area (Å²) >= 11 is 0. The van der Waals surface area contributed by atoms with Gasteiger partial charge in [0, 0.05) is 38.1 Å². The molecule has 2 atom stereocenters. The number of nitrogens with two attached hydrogens (primary N) is 1. The molecule has 2 aliphatic carbocycles. The van der Waals surface area contributed by atoms with E-state index in [1.54, 1.807) is 0 Å². The van der Waals surface area contributed by atoms with E-state index in [9.17, 15) is 4.79 Å². The summed E-state index contributed by atoms with van der Waals surface area (Å²) in [5.41, 5.74) is 6.37. The molecule has 3 fully saturated rings. The maximum Gasteiger partial charge on any atom is 0.225 e. The van der Waals surface area contributed by atoms with E-state index in [4.69, 9.17) is 5.73 Å². The van der Waals surface area contributed by atoms with Gasteiger partial charge in [0.2, 0.25) is 5.91 Å². The minimum Gasteiger partial charge on any atom is -0.342 e. The van der Waals surface area contributed by atoms with E-state index in [1.165, 1.54) is 19.3 Å². The van der Waals surface area contributed by atoms with Gasteiger partial charge in [0.1, 0.15) is 0 Å². The average molecular weight is 307 g/mol. The van der Waals surface area contributed by atoms with Crippen LogP contribution in [-0.2, 0) is 4.79 Å². The number of carbonyl (C=O) groups excluding carboxylic acids is 1. The molecule has 0 aromatic heterocycles. The number of rotatable bonds is 3. The van der Waals surface area contributed by atoms with Crippen LogP contribution in [0.1, 0.15) is 51.9 Å². The first-order valence-corrected chi connectivity index (χ1v) is 9.34. The molecule has 4 heteroatoms. The van der Waals surface area contributed by atoms with Crippen LogP contribution in [-0.4, -0.2) is 54.5 Å². The van der Waals surface area contributed by atoms with Crippen LogP contribution in [0.15, 0.2) is 0 Å². The quantitative estimate of drug-likeness (QED) is 0.868. The maximum atomic E-state index is 13.0. The Bertz CT molecular complexity index is 378. The van der Waals surface area contributed by atoms with Crippen molar-refractivity contribution in [2.45, 2.75) is 64.0 Å². The number of nitrogens with zero attached hydrogens (tertiary/aromatic N) is 2. The molecule has 1 heterocycles. The number of fused-ring (bicyclic) bond motifs is 2. The van der Waals surface area contributed by atoms with Gasteiger partial charge in [-0.3, -0.25) is 4.79 Å². The van der Waals surface area contributed by atoms with Gasteiger partial charge in [-0.15, -0.1) is 0 Å². The Hall–Kier alpha value is -0.610. The number of hydrogen-bond donors (Lipinski definition) is 1. The fraction of sp³-hybridized carbons (Fsp3) is 0.944. The van der Waals surface area contributed by atoms with E-state index >= 15 is 0 Å². The summed E-state index contributed by atoms with van der Waals surface area (Å²) in [5.74, 6) is 1.83. The third-order valence-electron chi connectivity index (χ3n) is 6.66. The monoisotopic (exact) mass is 307 g/mol. The fourth-order valence-corrected chi connectivity index (χ4v) is 5.08. The minimum absolute atomic E-state index is 0.240. The van der Waals surface area contributed by atoms with Gasteiger partial charge in [-0.1, -0.05) is 13.3 Å². The summed E-state index contributed by atoms with van der Waals surface area (Å²) in [6, 6.07) is 0.807. The Morgan fingerprint density at radius 1 is 1.14 bits per heavy atom. The van der Waals surface area contributed by atoms with Gasteiger partial charge in [0.25, 0.3) is 0 Å². The Kier molecular flexibility index (Phi) is 5.08. The largest absolute Gasteiger partial charge is 0.342 e. The highest BCUT2D eigenvalue weighted by molar-refractivity contribution is 5.79. The van der Waals surface area contributed by atoms with Crippen molar-refractivity contribution < 1.29 is 4.79 Å². The molecule has 1 aliphatic heterocycles. The molecule has 0 spiro atoms. The number of carbonyl (C=O) groups is 1. The second-order valence-electron chi connectivity index (χ2n) is 7.81. The molecule has 1 amide bonds. The van der Waals surface area contributed by atoms with Crippen LogP contribution in [0.4, 0.5) is 0 Å². The van der Waals surface area contributed by atoms with E-state index in [1.807, 2.05) is 7.05 Å². The second-order valence-corrected chi connectivity index (χ2v) is 7.81. The van der Waals surface area contributed by atoms with Gasteiger partial charge < -0.3 is 15.5 Å². The molecule has 1 saturated heterocycles. The molecular formula is C18H33N3O. The minimum atomic E-state index is 0.240. The fourth-order valence-electron chi connectivity index (χ4n) is 5.08. The van der Waals surface area contributed by atoms with E-state index in [0.29, 0.717) is 29.8 Å². The van der Waals surface area contributed by atoms with Gasteiger partial charge >= 0.3 is 0 Å². The maximum absolute atomic E-state index is 13.0. The van der Waals surface area contributed by atoms with Crippen molar-refractivity contribution in [2.75, 3.05) is 26.7 Å². The Labute approximate surface area is 135 Å². The molecule has 3 rings (SSSR count). The van der Waals surface area contributed by atoms with Crippen LogP contribution in [0.25, 0.3) is 0 Å². The Balaban J connectivity index is 1.57. The Morgan fingerprint density at radius 3 is 2.27 bits per heavy atom. The predicted octanol–water partition coefficient (Wildman–Crippen LogP) is 2.08. The van der Waals surface area contributed by atoms with Gasteiger partial charge in [0.15, 0.2) is 0 Å². The molecule has 126 valence electrons. The van der Waals surface area contributed by atoms with Crippen LogP contribution >= 0.6 is 0 Å². The van der Waals surface area contributed by atoms with Crippen LogP contribution in [0.2, 0.25) is 0 Å². The zero-order valence-corrected chi connectivity index (χ0v) is 14.3. The van der Waals surface area contributed by atoms with Gasteiger partial charge in [-0.25, -0.2) is 0 Å². The number of amides is 1. The summed E-state index contributed by atoms with van der Waals surface area (Å²) in [7, 11) is 2.04. The number of hydrogen-bond acceptors (Lipinski definition) is 3. The third kappa shape index (κ3) is 3.18. The summed E-state index contributed by atoms with van der Waals surface area (Å²) in [5, 5.41) is 0. The molecule has 2 unspecified atom stereocenters. The average Bonchev–Trinajstić information content (AvgIpc) is 2.53. The van der Waals surface area contributed by atoms with Gasteiger partial charge in [-0.2, -0.15) is 0 Å². The van der Waals surface area contributed by atoms with Crippen molar-refractivity contribution in [3.8, 4) is 0 Å². The van der Waals surface area contributed by atoms with Gasteiger partial charge in [0.05, 0.1) is 0 Å². The lowest BCUT2D eigenvalue weighted by Gasteiger charge is -2.45. The van der Waals surface area contributed by atoms with Gasteiger partial charge in [-0.05, 0) is 56.9 Å². The first-order chi connectivity index (χ1) is 10.6. The van der Waals surface area contributed by atoms with E-state index in [0.717, 1.165) is 45.3 Å². The lowest BCUT2D eigenvalue weighted by molar-refractivity contribution is -0.140. The Morgan fingerprint density at radius 2 is 1.73 bits per heavy atom. The molecule has 0 aromatic rings. The van der Waals surface area contributed by atoms with E-state index in [2.05, 4.69) is 16.7 Å². The first kappa shape index (κ1) is 16.3. The molecule has 22 heavy (non-hydrogen) atoms. The number of likely N-dealkylation sites (tertiary alicyclic amines) is 1. The van der Waals surface area contributed by atoms with Crippen LogP contribution in [0.5, 0.6) is 0 Å². The summed E-state index contributed by atoms with van der Waals surface area (Å²) in [4.78, 5) is 17.5. The summed E-state index contributed by atoms with van der Waals surface area (Å²) in [6.07, 6.45) is 8.13. The SMILES string of the molecule is CCN1CCC(N(C)C(=O)C2CC3CCCC(C2)C3N)CC1. The second kappa shape index (κ2) is 6.88. The van der Waals surface area contributed by atoms with Crippen molar-refractivity contribution in [3.63, 3.8) is 0 Å². The lowest BCUT2D eigenvalue weighted by atomic mass is 9.65. The highest BCUT2D eigenvalue weighted by atomic mass is 16.2. The topological polar surface area (TPSA) is 49.6 Å². The summed E-state index contributed by atoms with van der Waals surface area (Å²) < 4.78 is 0. The van der Waals surface area contributed by atoms with Crippen LogP contribution in [0.3, 0.4) is 0 Å². The van der Waals surface area contributed by atoms with Crippen molar-refractivity contribution in [1.82, 2.24) is 9.80 Å². The molecule has 2 N–H and O–H groups in total. The highest BCUT2D eigenvalue weighted by Crippen LogP contribution is 2.42. The van der Waals surface area contributed by atoms with Crippen molar-refractivity contribution >= 4 is 5.91 Å². The molecule has 2 saturated carbocycles. The van der Waals surface area contributed by atoms with E-state index in [-0.39, 0.29) is 5.92 Å². The van der Waals surface area contributed by atoms with Crippen LogP contribution < -0.4 is 5.73 Å². The van der Waals surface area contributed by atoms with Crippen molar-refractivity contribution in [2.24, 2.45) is 23.5 Å². The first-order valence-electron chi connectivity index (χ1n) is 9.34. The number of piperidine rings is 1. The van der Waals surface area contributed by atoms with Crippen LogP contribution in [0, 0.1) is 17.8 Å². The summed E-state index contributed by atoms with van der Waals surface area (Å²) in [6.45, 7) is 5.63. The smallest absolute Gasteiger partial charge is 0.225 e. The standard InChI is InChI=1S/C18H33N3O/c1-3-21-9-7-16(8-10-21)20(2)18(22)15-11-13-5-4-6-14(12-15)17(13)19/h13-17H,3-12,19H2,1-2H3. The van der Waals surface area contributed by atoms with Crippen molar-refractivity contribution in [1.29, 1.82) is 0 Å². The zero-order valence-electron chi connectivity index (χ0n) is 14.3. The molecule has 0 aromatic carbocycles. The lowest BCUT2D eigenvalue weighted by Crippen LogP contribution is -2.52. The third-order valence-corrected chi connectivity index (χ3v) is 6.66. The predicted molar refractivity (Wildman–Crippen MR) is 89.4 cm³/mol. The van der Waals surface area contributed by atoms with Crippen molar-refractivity contribution in [3.05, 3.63) is 0 Å². The molecule has 4 nitrogen and oxygen atoms in total. The normalized spacial score (nSPS) is 37.0.